The Kier molecular flexibility index (Phi) is 5.20. The molecule has 3 amide bonds. The molecule has 0 unspecified atom stereocenters. The Morgan fingerprint density at radius 3 is 2.24 bits per heavy atom. The van der Waals surface area contributed by atoms with Crippen LogP contribution in [0.1, 0.15) is 53.3 Å². The van der Waals surface area contributed by atoms with Gasteiger partial charge in [-0.2, -0.15) is 4.31 Å². The Morgan fingerprint density at radius 1 is 0.966 bits per heavy atom. The van der Waals surface area contributed by atoms with Gasteiger partial charge in [-0.05, 0) is 49.8 Å². The molecule has 2 saturated heterocycles. The van der Waals surface area contributed by atoms with E-state index in [2.05, 4.69) is 12.2 Å². The summed E-state index contributed by atoms with van der Waals surface area (Å²) >= 11 is 0. The van der Waals surface area contributed by atoms with Crippen molar-refractivity contribution in [2.24, 2.45) is 11.8 Å². The highest BCUT2D eigenvalue weighted by molar-refractivity contribution is 7.89. The van der Waals surface area contributed by atoms with Crippen LogP contribution in [0.5, 0.6) is 0 Å². The van der Waals surface area contributed by atoms with Crippen molar-refractivity contribution in [1.82, 2.24) is 14.5 Å². The first-order valence-electron chi connectivity index (χ1n) is 10.1. The van der Waals surface area contributed by atoms with Crippen molar-refractivity contribution < 1.29 is 22.8 Å². The van der Waals surface area contributed by atoms with E-state index >= 15 is 0 Å². The molecule has 8 nitrogen and oxygen atoms in total. The van der Waals surface area contributed by atoms with Crippen LogP contribution in [-0.2, 0) is 14.8 Å². The van der Waals surface area contributed by atoms with Crippen LogP contribution in [0.25, 0.3) is 0 Å². The molecule has 1 aromatic carbocycles. The molecular formula is C20H25N3O5S. The fourth-order valence-electron chi connectivity index (χ4n) is 4.29. The molecule has 4 rings (SSSR count). The number of likely N-dealkylation sites (tertiary alicyclic amines) is 1. The smallest absolute Gasteiger partial charge is 0.258 e. The standard InChI is InChI=1S/C20H25N3O5S/c1-13-4-8-22(9-5-13)20(26)14-6-10-23(11-7-14)29(27,28)15-2-3-16-17(12-15)19(25)21-18(16)24/h2-3,12-14H,4-11H2,1H3,(H,21,24,25). The molecule has 1 aromatic rings. The number of rotatable bonds is 3. The summed E-state index contributed by atoms with van der Waals surface area (Å²) in [5.41, 5.74) is 0.273. The molecular weight excluding hydrogens is 394 g/mol. The van der Waals surface area contributed by atoms with E-state index in [-0.39, 0.29) is 40.9 Å². The number of sulfonamides is 1. The zero-order valence-corrected chi connectivity index (χ0v) is 17.2. The predicted molar refractivity (Wildman–Crippen MR) is 105 cm³/mol. The number of carbonyl (C=O) groups excluding carboxylic acids is 3. The molecule has 3 aliphatic rings. The molecule has 0 aliphatic carbocycles. The average molecular weight is 420 g/mol. The third kappa shape index (κ3) is 3.69. The summed E-state index contributed by atoms with van der Waals surface area (Å²) in [5, 5.41) is 2.16. The maximum Gasteiger partial charge on any atom is 0.258 e. The Morgan fingerprint density at radius 2 is 1.59 bits per heavy atom. The first kappa shape index (κ1) is 20.0. The summed E-state index contributed by atoms with van der Waals surface area (Å²) in [5.74, 6) is -0.446. The van der Waals surface area contributed by atoms with Gasteiger partial charge in [0.05, 0.1) is 16.0 Å². The minimum absolute atomic E-state index is 0.00380. The number of piperidine rings is 2. The number of nitrogens with zero attached hydrogens (tertiary/aromatic N) is 2. The minimum atomic E-state index is -3.79. The molecule has 1 N–H and O–H groups in total. The fraction of sp³-hybridized carbons (Fsp3) is 0.550. The molecule has 3 heterocycles. The molecule has 3 aliphatic heterocycles. The summed E-state index contributed by atoms with van der Waals surface area (Å²) in [4.78, 5) is 38.2. The van der Waals surface area contributed by atoms with Gasteiger partial charge in [0.2, 0.25) is 15.9 Å². The number of nitrogens with one attached hydrogen (secondary N) is 1. The van der Waals surface area contributed by atoms with Crippen LogP contribution in [0.4, 0.5) is 0 Å². The van der Waals surface area contributed by atoms with Crippen molar-refractivity contribution in [2.75, 3.05) is 26.2 Å². The van der Waals surface area contributed by atoms with Gasteiger partial charge < -0.3 is 4.90 Å². The van der Waals surface area contributed by atoms with E-state index in [1.807, 2.05) is 4.90 Å². The largest absolute Gasteiger partial charge is 0.342 e. The number of hydrogen-bond donors (Lipinski definition) is 1. The molecule has 29 heavy (non-hydrogen) atoms. The summed E-state index contributed by atoms with van der Waals surface area (Å²) in [6.07, 6.45) is 3.03. The van der Waals surface area contributed by atoms with Crippen LogP contribution in [0, 0.1) is 11.8 Å². The Bertz CT molecular complexity index is 958. The quantitative estimate of drug-likeness (QED) is 0.742. The van der Waals surface area contributed by atoms with Gasteiger partial charge in [0, 0.05) is 32.1 Å². The molecule has 156 valence electrons. The van der Waals surface area contributed by atoms with Gasteiger partial charge in [-0.25, -0.2) is 8.42 Å². The zero-order valence-electron chi connectivity index (χ0n) is 16.4. The number of amides is 3. The lowest BCUT2D eigenvalue weighted by atomic mass is 9.93. The number of imide groups is 1. The van der Waals surface area contributed by atoms with Gasteiger partial charge in [0.25, 0.3) is 11.8 Å². The zero-order chi connectivity index (χ0) is 20.8. The molecule has 9 heteroatoms. The maximum atomic E-state index is 13.0. The molecule has 0 bridgehead atoms. The van der Waals surface area contributed by atoms with Crippen LogP contribution < -0.4 is 5.32 Å². The molecule has 0 radical (unpaired) electrons. The predicted octanol–water partition coefficient (Wildman–Crippen LogP) is 1.23. The monoisotopic (exact) mass is 419 g/mol. The van der Waals surface area contributed by atoms with Crippen molar-refractivity contribution in [3.05, 3.63) is 29.3 Å². The third-order valence-corrected chi connectivity index (χ3v) is 8.14. The van der Waals surface area contributed by atoms with Crippen molar-refractivity contribution in [1.29, 1.82) is 0 Å². The van der Waals surface area contributed by atoms with Gasteiger partial charge in [-0.3, -0.25) is 19.7 Å². The van der Waals surface area contributed by atoms with E-state index in [1.165, 1.54) is 22.5 Å². The first-order chi connectivity index (χ1) is 13.8. The van der Waals surface area contributed by atoms with Gasteiger partial charge in [-0.1, -0.05) is 6.92 Å². The average Bonchev–Trinajstić information content (AvgIpc) is 3.01. The van der Waals surface area contributed by atoms with Crippen LogP contribution in [0.2, 0.25) is 0 Å². The second kappa shape index (κ2) is 7.53. The van der Waals surface area contributed by atoms with E-state index in [1.54, 1.807) is 0 Å². The fourth-order valence-corrected chi connectivity index (χ4v) is 5.78. The summed E-state index contributed by atoms with van der Waals surface area (Å²) in [6, 6.07) is 3.99. The van der Waals surface area contributed by atoms with Crippen molar-refractivity contribution >= 4 is 27.7 Å². The number of hydrogen-bond acceptors (Lipinski definition) is 5. The van der Waals surface area contributed by atoms with E-state index < -0.39 is 21.8 Å². The third-order valence-electron chi connectivity index (χ3n) is 6.24. The van der Waals surface area contributed by atoms with Crippen molar-refractivity contribution in [3.63, 3.8) is 0 Å². The molecule has 0 aromatic heterocycles. The lowest BCUT2D eigenvalue weighted by molar-refractivity contribution is -0.138. The summed E-state index contributed by atoms with van der Waals surface area (Å²) in [7, 11) is -3.79. The maximum absolute atomic E-state index is 13.0. The SMILES string of the molecule is CC1CCN(C(=O)C2CCN(S(=O)(=O)c3ccc4c(c3)C(=O)NC4=O)CC2)CC1. The van der Waals surface area contributed by atoms with E-state index in [9.17, 15) is 22.8 Å². The van der Waals surface area contributed by atoms with E-state index in [0.717, 1.165) is 25.9 Å². The number of carbonyl (C=O) groups is 3. The van der Waals surface area contributed by atoms with Crippen LogP contribution in [-0.4, -0.2) is 61.5 Å². The molecule has 0 saturated carbocycles. The van der Waals surface area contributed by atoms with Gasteiger partial charge in [-0.15, -0.1) is 0 Å². The molecule has 0 spiro atoms. The van der Waals surface area contributed by atoms with Crippen LogP contribution in [0.3, 0.4) is 0 Å². The minimum Gasteiger partial charge on any atom is -0.342 e. The number of fused-ring (bicyclic) bond motifs is 1. The molecule has 2 fully saturated rings. The van der Waals surface area contributed by atoms with Crippen LogP contribution >= 0.6 is 0 Å². The highest BCUT2D eigenvalue weighted by Crippen LogP contribution is 2.28. The topological polar surface area (TPSA) is 104 Å². The van der Waals surface area contributed by atoms with E-state index in [4.69, 9.17) is 0 Å². The Balaban J connectivity index is 1.43. The first-order valence-corrected chi connectivity index (χ1v) is 11.5. The Hall–Kier alpha value is -2.26. The second-order valence-corrected chi connectivity index (χ2v) is 10.1. The van der Waals surface area contributed by atoms with Crippen LogP contribution in [0.15, 0.2) is 23.1 Å². The van der Waals surface area contributed by atoms with E-state index in [0.29, 0.717) is 18.8 Å². The van der Waals surface area contributed by atoms with Gasteiger partial charge >= 0.3 is 0 Å². The summed E-state index contributed by atoms with van der Waals surface area (Å²) in [6.45, 7) is 4.31. The molecule has 0 atom stereocenters. The Labute approximate surface area is 170 Å². The summed E-state index contributed by atoms with van der Waals surface area (Å²) < 4.78 is 27.4. The normalized spacial score (nSPS) is 21.9. The highest BCUT2D eigenvalue weighted by Gasteiger charge is 2.36. The lowest BCUT2D eigenvalue weighted by Crippen LogP contribution is -2.46. The second-order valence-electron chi connectivity index (χ2n) is 8.18. The lowest BCUT2D eigenvalue weighted by Gasteiger charge is -2.36. The van der Waals surface area contributed by atoms with Gasteiger partial charge in [0.15, 0.2) is 0 Å². The highest BCUT2D eigenvalue weighted by atomic mass is 32.2. The number of benzene rings is 1. The van der Waals surface area contributed by atoms with Crippen molar-refractivity contribution in [2.45, 2.75) is 37.5 Å². The van der Waals surface area contributed by atoms with Gasteiger partial charge in [0.1, 0.15) is 0 Å². The van der Waals surface area contributed by atoms with Crippen molar-refractivity contribution in [3.8, 4) is 0 Å².